The summed E-state index contributed by atoms with van der Waals surface area (Å²) in [7, 11) is 0. The van der Waals surface area contributed by atoms with Gasteiger partial charge in [-0.3, -0.25) is 5.32 Å². The maximum Gasteiger partial charge on any atom is 0.134 e. The molecule has 3 nitrogen and oxygen atoms in total. The van der Waals surface area contributed by atoms with E-state index in [-0.39, 0.29) is 18.2 Å². The quantitative estimate of drug-likeness (QED) is 0.773. The van der Waals surface area contributed by atoms with Crippen molar-refractivity contribution < 1.29 is 9.52 Å². The van der Waals surface area contributed by atoms with Crippen molar-refractivity contribution in [1.29, 1.82) is 0 Å². The Kier molecular flexibility index (Phi) is 3.25. The van der Waals surface area contributed by atoms with Gasteiger partial charge < -0.3 is 9.52 Å². The Morgan fingerprint density at radius 2 is 1.91 bits per heavy atom. The van der Waals surface area contributed by atoms with Gasteiger partial charge in [-0.15, -0.1) is 0 Å². The number of rotatable bonds is 3. The number of fused-ring (bicyclic) bond motifs is 2. The van der Waals surface area contributed by atoms with Gasteiger partial charge in [-0.05, 0) is 30.2 Å². The summed E-state index contributed by atoms with van der Waals surface area (Å²) >= 11 is 0. The molecule has 1 heterocycles. The Bertz CT molecular complexity index is 775. The first-order chi connectivity index (χ1) is 10.7. The average molecular weight is 293 g/mol. The van der Waals surface area contributed by atoms with Crippen LogP contribution in [0, 0.1) is 0 Å². The first-order valence-corrected chi connectivity index (χ1v) is 7.73. The number of hydrogen-bond acceptors (Lipinski definition) is 3. The molecule has 3 atom stereocenters. The van der Waals surface area contributed by atoms with Crippen molar-refractivity contribution >= 4 is 11.0 Å². The van der Waals surface area contributed by atoms with Crippen molar-refractivity contribution in [2.45, 2.75) is 31.5 Å². The van der Waals surface area contributed by atoms with Crippen LogP contribution in [-0.2, 0) is 6.42 Å². The molecule has 3 heteroatoms. The lowest BCUT2D eigenvalue weighted by Gasteiger charge is -2.21. The Labute approximate surface area is 129 Å². The van der Waals surface area contributed by atoms with Crippen LogP contribution in [0.3, 0.4) is 0 Å². The summed E-state index contributed by atoms with van der Waals surface area (Å²) < 4.78 is 5.92. The summed E-state index contributed by atoms with van der Waals surface area (Å²) in [6.45, 7) is 2.07. The second kappa shape index (κ2) is 5.27. The third-order valence-electron chi connectivity index (χ3n) is 4.50. The molecule has 4 rings (SSSR count). The Morgan fingerprint density at radius 1 is 1.14 bits per heavy atom. The number of para-hydroxylation sites is 1. The number of aliphatic hydroxyl groups excluding tert-OH is 1. The predicted octanol–water partition coefficient (Wildman–Crippen LogP) is 3.74. The standard InChI is InChI=1S/C19H19NO2/c1-12(18-11-14-7-3-5-9-17(14)22-18)20-19-15-8-4-2-6-13(15)10-16(19)21/h2-9,11-12,16,19-21H,10H2,1H3/t12-,16-,19+/m0/s1. The molecule has 2 aromatic carbocycles. The molecule has 0 radical (unpaired) electrons. The van der Waals surface area contributed by atoms with E-state index in [2.05, 4.69) is 36.5 Å². The number of hydrogen-bond donors (Lipinski definition) is 2. The van der Waals surface area contributed by atoms with E-state index in [9.17, 15) is 5.11 Å². The summed E-state index contributed by atoms with van der Waals surface area (Å²) in [5, 5.41) is 15.0. The van der Waals surface area contributed by atoms with Crippen LogP contribution >= 0.6 is 0 Å². The van der Waals surface area contributed by atoms with Crippen molar-refractivity contribution in [2.75, 3.05) is 0 Å². The van der Waals surface area contributed by atoms with Crippen LogP contribution < -0.4 is 5.32 Å². The fraction of sp³-hybridized carbons (Fsp3) is 0.263. The van der Waals surface area contributed by atoms with Crippen LogP contribution in [0.15, 0.2) is 59.0 Å². The minimum Gasteiger partial charge on any atom is -0.459 e. The second-order valence-electron chi connectivity index (χ2n) is 6.02. The predicted molar refractivity (Wildman–Crippen MR) is 86.7 cm³/mol. The van der Waals surface area contributed by atoms with E-state index in [4.69, 9.17) is 4.42 Å². The number of benzene rings is 2. The molecule has 1 aromatic heterocycles. The van der Waals surface area contributed by atoms with Crippen molar-refractivity contribution in [3.8, 4) is 0 Å². The maximum absolute atomic E-state index is 10.4. The highest BCUT2D eigenvalue weighted by Crippen LogP contribution is 2.34. The Morgan fingerprint density at radius 3 is 2.77 bits per heavy atom. The molecule has 3 aromatic rings. The summed E-state index contributed by atoms with van der Waals surface area (Å²) in [6.07, 6.45) is 0.324. The van der Waals surface area contributed by atoms with Crippen molar-refractivity contribution in [1.82, 2.24) is 5.32 Å². The van der Waals surface area contributed by atoms with Crippen molar-refractivity contribution in [3.05, 3.63) is 71.5 Å². The average Bonchev–Trinajstić information content (AvgIpc) is 3.09. The molecule has 0 aliphatic heterocycles. The molecule has 0 saturated heterocycles. The third-order valence-corrected chi connectivity index (χ3v) is 4.50. The molecule has 0 bridgehead atoms. The summed E-state index contributed by atoms with van der Waals surface area (Å²) in [5.74, 6) is 0.901. The van der Waals surface area contributed by atoms with E-state index in [0.717, 1.165) is 16.7 Å². The van der Waals surface area contributed by atoms with Gasteiger partial charge in [0.05, 0.1) is 18.2 Å². The molecule has 2 N–H and O–H groups in total. The topological polar surface area (TPSA) is 45.4 Å². The van der Waals surface area contributed by atoms with Crippen LogP contribution in [0.4, 0.5) is 0 Å². The van der Waals surface area contributed by atoms with E-state index in [1.165, 1.54) is 11.1 Å². The van der Waals surface area contributed by atoms with Gasteiger partial charge in [0.15, 0.2) is 0 Å². The fourth-order valence-electron chi connectivity index (χ4n) is 3.34. The lowest BCUT2D eigenvalue weighted by Crippen LogP contribution is -2.30. The zero-order valence-corrected chi connectivity index (χ0v) is 12.5. The van der Waals surface area contributed by atoms with E-state index < -0.39 is 0 Å². The largest absolute Gasteiger partial charge is 0.459 e. The molecule has 0 amide bonds. The minimum atomic E-state index is -0.385. The SMILES string of the molecule is C[C@H](N[C@@H]1c2ccccc2C[C@@H]1O)c1cc2ccccc2o1. The number of furan rings is 1. The van der Waals surface area contributed by atoms with Gasteiger partial charge in [-0.2, -0.15) is 0 Å². The lowest BCUT2D eigenvalue weighted by molar-refractivity contribution is 0.134. The highest BCUT2D eigenvalue weighted by Gasteiger charge is 2.32. The van der Waals surface area contributed by atoms with Gasteiger partial charge in [-0.25, -0.2) is 0 Å². The highest BCUT2D eigenvalue weighted by atomic mass is 16.3. The maximum atomic E-state index is 10.4. The van der Waals surface area contributed by atoms with Gasteiger partial charge >= 0.3 is 0 Å². The first kappa shape index (κ1) is 13.6. The molecule has 0 saturated carbocycles. The van der Waals surface area contributed by atoms with Gasteiger partial charge in [0.25, 0.3) is 0 Å². The number of nitrogens with one attached hydrogen (secondary N) is 1. The summed E-state index contributed by atoms with van der Waals surface area (Å²) in [5.41, 5.74) is 3.32. The molecule has 1 aliphatic carbocycles. The lowest BCUT2D eigenvalue weighted by atomic mass is 10.1. The van der Waals surface area contributed by atoms with Gasteiger partial charge in [0.2, 0.25) is 0 Å². The zero-order valence-electron chi connectivity index (χ0n) is 12.5. The van der Waals surface area contributed by atoms with E-state index >= 15 is 0 Å². The first-order valence-electron chi connectivity index (χ1n) is 7.73. The molecular formula is C19H19NO2. The Balaban J connectivity index is 1.60. The monoisotopic (exact) mass is 293 g/mol. The molecule has 22 heavy (non-hydrogen) atoms. The van der Waals surface area contributed by atoms with Crippen LogP contribution in [0.2, 0.25) is 0 Å². The van der Waals surface area contributed by atoms with E-state index in [1.54, 1.807) is 0 Å². The van der Waals surface area contributed by atoms with E-state index in [1.807, 2.05) is 30.3 Å². The van der Waals surface area contributed by atoms with Crippen LogP contribution in [0.5, 0.6) is 0 Å². The second-order valence-corrected chi connectivity index (χ2v) is 6.02. The third kappa shape index (κ3) is 2.23. The molecule has 0 spiro atoms. The highest BCUT2D eigenvalue weighted by molar-refractivity contribution is 5.77. The minimum absolute atomic E-state index is 0.0400. The van der Waals surface area contributed by atoms with Crippen molar-refractivity contribution in [2.24, 2.45) is 0 Å². The normalized spacial score (nSPS) is 21.9. The smallest absolute Gasteiger partial charge is 0.134 e. The number of aliphatic hydroxyl groups is 1. The van der Waals surface area contributed by atoms with Crippen LogP contribution in [-0.4, -0.2) is 11.2 Å². The molecule has 0 unspecified atom stereocenters. The molecule has 0 fully saturated rings. The summed E-state index contributed by atoms with van der Waals surface area (Å²) in [4.78, 5) is 0. The van der Waals surface area contributed by atoms with Gasteiger partial charge in [0, 0.05) is 11.8 Å². The summed E-state index contributed by atoms with van der Waals surface area (Å²) in [6, 6.07) is 18.3. The molecule has 1 aliphatic rings. The molecule has 112 valence electrons. The van der Waals surface area contributed by atoms with Crippen LogP contribution in [0.1, 0.15) is 35.9 Å². The van der Waals surface area contributed by atoms with Gasteiger partial charge in [0.1, 0.15) is 11.3 Å². The van der Waals surface area contributed by atoms with Crippen LogP contribution in [0.25, 0.3) is 11.0 Å². The van der Waals surface area contributed by atoms with E-state index in [0.29, 0.717) is 6.42 Å². The Hall–Kier alpha value is -2.10. The fourth-order valence-corrected chi connectivity index (χ4v) is 3.34. The zero-order chi connectivity index (χ0) is 15.1. The van der Waals surface area contributed by atoms with Crippen molar-refractivity contribution in [3.63, 3.8) is 0 Å². The van der Waals surface area contributed by atoms with Gasteiger partial charge in [-0.1, -0.05) is 42.5 Å². The molecular weight excluding hydrogens is 274 g/mol.